The van der Waals surface area contributed by atoms with Gasteiger partial charge in [-0.1, -0.05) is 17.8 Å². The van der Waals surface area contributed by atoms with Crippen LogP contribution in [0.5, 0.6) is 0 Å². The molecule has 106 valence electrons. The number of benzene rings is 1. The molecule has 3 N–H and O–H groups in total. The molecule has 2 rings (SSSR count). The lowest BCUT2D eigenvalue weighted by atomic mass is 10.2. The lowest BCUT2D eigenvalue weighted by molar-refractivity contribution is 0.102. The van der Waals surface area contributed by atoms with Gasteiger partial charge in [-0.25, -0.2) is 8.78 Å². The van der Waals surface area contributed by atoms with Gasteiger partial charge in [-0.3, -0.25) is 4.79 Å². The molecular weight excluding hydrogens is 286 g/mol. The average Bonchev–Trinajstić information content (AvgIpc) is 2.84. The maximum absolute atomic E-state index is 13.5. The van der Waals surface area contributed by atoms with Crippen LogP contribution in [-0.4, -0.2) is 15.5 Å². The molecule has 0 unspecified atom stereocenters. The third-order valence-electron chi connectivity index (χ3n) is 2.58. The summed E-state index contributed by atoms with van der Waals surface area (Å²) in [6, 6.07) is 1.67. The molecule has 0 spiro atoms. The first kappa shape index (κ1) is 14.3. The van der Waals surface area contributed by atoms with Crippen LogP contribution in [0, 0.1) is 11.6 Å². The first-order valence-corrected chi connectivity index (χ1v) is 6.67. The number of aromatic nitrogens is 2. The summed E-state index contributed by atoms with van der Waals surface area (Å²) in [7, 11) is 0. The van der Waals surface area contributed by atoms with Gasteiger partial charge in [0.2, 0.25) is 0 Å². The number of hydrogen-bond acceptors (Lipinski definition) is 5. The Morgan fingerprint density at radius 1 is 1.40 bits per heavy atom. The van der Waals surface area contributed by atoms with Gasteiger partial charge in [0.15, 0.2) is 0 Å². The van der Waals surface area contributed by atoms with Gasteiger partial charge < -0.3 is 11.1 Å². The molecule has 1 heterocycles. The van der Waals surface area contributed by atoms with Crippen molar-refractivity contribution in [1.29, 1.82) is 0 Å². The monoisotopic (exact) mass is 298 g/mol. The molecule has 2 aromatic rings. The Bertz CT molecular complexity index is 644. The Morgan fingerprint density at radius 3 is 2.85 bits per heavy atom. The zero-order valence-electron chi connectivity index (χ0n) is 10.6. The van der Waals surface area contributed by atoms with E-state index in [2.05, 4.69) is 14.9 Å². The number of nitrogen functional groups attached to an aromatic ring is 1. The number of aryl methyl sites for hydroxylation is 1. The lowest BCUT2D eigenvalue weighted by Crippen LogP contribution is -2.14. The molecule has 8 heteroatoms. The van der Waals surface area contributed by atoms with Crippen molar-refractivity contribution in [2.24, 2.45) is 0 Å². The highest BCUT2D eigenvalue weighted by Crippen LogP contribution is 2.22. The molecule has 1 amide bonds. The molecule has 0 fully saturated rings. The largest absolute Gasteiger partial charge is 0.396 e. The summed E-state index contributed by atoms with van der Waals surface area (Å²) in [5.74, 6) is -2.29. The Hall–Kier alpha value is -2.09. The van der Waals surface area contributed by atoms with E-state index in [0.717, 1.165) is 24.0 Å². The predicted molar refractivity (Wildman–Crippen MR) is 72.6 cm³/mol. The van der Waals surface area contributed by atoms with Gasteiger partial charge in [-0.15, -0.1) is 5.10 Å². The third kappa shape index (κ3) is 2.90. The number of carbonyl (C=O) groups excluding carboxylic acids is 1. The quantitative estimate of drug-likeness (QED) is 0.850. The van der Waals surface area contributed by atoms with Crippen molar-refractivity contribution in [2.45, 2.75) is 19.8 Å². The van der Waals surface area contributed by atoms with E-state index in [1.165, 1.54) is 0 Å². The Morgan fingerprint density at radius 2 is 2.15 bits per heavy atom. The molecule has 0 aliphatic heterocycles. The maximum atomic E-state index is 13.5. The van der Waals surface area contributed by atoms with E-state index >= 15 is 0 Å². The fourth-order valence-corrected chi connectivity index (χ4v) is 2.23. The van der Waals surface area contributed by atoms with Gasteiger partial charge in [0.1, 0.15) is 16.5 Å². The van der Waals surface area contributed by atoms with Crippen molar-refractivity contribution in [2.75, 3.05) is 11.1 Å². The number of nitrogens with zero attached hydrogens (tertiary/aromatic N) is 2. The minimum Gasteiger partial charge on any atom is -0.396 e. The van der Waals surface area contributed by atoms with Crippen LogP contribution in [-0.2, 0) is 6.42 Å². The smallest absolute Gasteiger partial charge is 0.269 e. The molecule has 1 aromatic heterocycles. The number of carbonyl (C=O) groups is 1. The maximum Gasteiger partial charge on any atom is 0.269 e. The molecule has 0 saturated heterocycles. The van der Waals surface area contributed by atoms with Crippen molar-refractivity contribution in [3.63, 3.8) is 0 Å². The average molecular weight is 298 g/mol. The van der Waals surface area contributed by atoms with Crippen molar-refractivity contribution in [3.8, 4) is 0 Å². The van der Waals surface area contributed by atoms with E-state index in [9.17, 15) is 13.6 Å². The Kier molecular flexibility index (Phi) is 4.23. The summed E-state index contributed by atoms with van der Waals surface area (Å²) in [5.41, 5.74) is 5.49. The van der Waals surface area contributed by atoms with Crippen molar-refractivity contribution < 1.29 is 13.6 Å². The van der Waals surface area contributed by atoms with Gasteiger partial charge in [-0.05, 0) is 24.0 Å². The second kappa shape index (κ2) is 5.91. The van der Waals surface area contributed by atoms with Gasteiger partial charge in [0.05, 0.1) is 17.1 Å². The van der Waals surface area contributed by atoms with Crippen LogP contribution in [0.1, 0.15) is 28.7 Å². The molecule has 0 bridgehead atoms. The number of anilines is 2. The number of halogens is 2. The van der Waals surface area contributed by atoms with Crippen LogP contribution in [0.4, 0.5) is 20.2 Å². The molecule has 0 radical (unpaired) electrons. The van der Waals surface area contributed by atoms with Crippen LogP contribution in [0.15, 0.2) is 12.1 Å². The fourth-order valence-electron chi connectivity index (χ4n) is 1.62. The third-order valence-corrected chi connectivity index (χ3v) is 3.35. The topological polar surface area (TPSA) is 80.9 Å². The zero-order chi connectivity index (χ0) is 14.7. The SMILES string of the molecule is CCCc1nnsc1C(=O)Nc1cc(N)c(F)cc1F. The van der Waals surface area contributed by atoms with Crippen LogP contribution in [0.25, 0.3) is 0 Å². The van der Waals surface area contributed by atoms with Gasteiger partial charge in [-0.2, -0.15) is 0 Å². The summed E-state index contributed by atoms with van der Waals surface area (Å²) in [6.07, 6.45) is 1.41. The standard InChI is InChI=1S/C12H12F2N4OS/c1-2-3-9-11(20-18-17-9)12(19)16-10-5-8(15)6(13)4-7(10)14/h4-5H,2-3,15H2,1H3,(H,16,19). The molecule has 0 aliphatic rings. The molecule has 0 atom stereocenters. The van der Waals surface area contributed by atoms with E-state index < -0.39 is 17.5 Å². The van der Waals surface area contributed by atoms with Crippen LogP contribution in [0.3, 0.4) is 0 Å². The summed E-state index contributed by atoms with van der Waals surface area (Å²) in [4.78, 5) is 12.4. The van der Waals surface area contributed by atoms with Gasteiger partial charge in [0.25, 0.3) is 5.91 Å². The first-order chi connectivity index (χ1) is 9.52. The molecule has 5 nitrogen and oxygen atoms in total. The number of nitrogens with two attached hydrogens (primary N) is 1. The summed E-state index contributed by atoms with van der Waals surface area (Å²) >= 11 is 0.929. The highest BCUT2D eigenvalue weighted by atomic mass is 32.1. The number of hydrogen-bond donors (Lipinski definition) is 2. The molecule has 20 heavy (non-hydrogen) atoms. The molecule has 0 aliphatic carbocycles. The van der Waals surface area contributed by atoms with Crippen molar-refractivity contribution >= 4 is 28.8 Å². The summed E-state index contributed by atoms with van der Waals surface area (Å²) < 4.78 is 30.3. The van der Waals surface area contributed by atoms with E-state index in [1.807, 2.05) is 6.92 Å². The van der Waals surface area contributed by atoms with Crippen LogP contribution < -0.4 is 11.1 Å². The van der Waals surface area contributed by atoms with Gasteiger partial charge >= 0.3 is 0 Å². The Balaban J connectivity index is 2.23. The fraction of sp³-hybridized carbons (Fsp3) is 0.250. The Labute approximate surface area is 118 Å². The van der Waals surface area contributed by atoms with Crippen LogP contribution in [0.2, 0.25) is 0 Å². The number of rotatable bonds is 4. The van der Waals surface area contributed by atoms with E-state index in [1.54, 1.807) is 0 Å². The number of amides is 1. The zero-order valence-corrected chi connectivity index (χ0v) is 11.4. The minimum atomic E-state index is -0.889. The highest BCUT2D eigenvalue weighted by Gasteiger charge is 2.18. The molecular formula is C12H12F2N4OS. The summed E-state index contributed by atoms with van der Waals surface area (Å²) in [5, 5.41) is 6.20. The molecule has 0 saturated carbocycles. The summed E-state index contributed by atoms with van der Waals surface area (Å²) in [6.45, 7) is 1.95. The van der Waals surface area contributed by atoms with E-state index in [0.29, 0.717) is 23.1 Å². The first-order valence-electron chi connectivity index (χ1n) is 5.90. The predicted octanol–water partition coefficient (Wildman–Crippen LogP) is 2.60. The second-order valence-electron chi connectivity index (χ2n) is 4.11. The van der Waals surface area contributed by atoms with Crippen molar-refractivity contribution in [3.05, 3.63) is 34.3 Å². The number of nitrogens with one attached hydrogen (secondary N) is 1. The van der Waals surface area contributed by atoms with E-state index in [4.69, 9.17) is 5.73 Å². The molecule has 1 aromatic carbocycles. The lowest BCUT2D eigenvalue weighted by Gasteiger charge is -2.07. The van der Waals surface area contributed by atoms with Crippen molar-refractivity contribution in [1.82, 2.24) is 9.59 Å². The highest BCUT2D eigenvalue weighted by molar-refractivity contribution is 7.08. The van der Waals surface area contributed by atoms with Gasteiger partial charge in [0, 0.05) is 6.07 Å². The minimum absolute atomic E-state index is 0.176. The van der Waals surface area contributed by atoms with Crippen LogP contribution >= 0.6 is 11.5 Å². The normalized spacial score (nSPS) is 10.6. The second-order valence-corrected chi connectivity index (χ2v) is 4.86. The van der Waals surface area contributed by atoms with E-state index in [-0.39, 0.29) is 11.4 Å².